The highest BCUT2D eigenvalue weighted by Gasteiger charge is 2.37. The lowest BCUT2D eigenvalue weighted by atomic mass is 9.93. The molecule has 1 nitrogen and oxygen atoms in total. The third kappa shape index (κ3) is 3.28. The predicted octanol–water partition coefficient (Wildman–Crippen LogP) is 5.66. The molecular weight excluding hydrogens is 342 g/mol. The van der Waals surface area contributed by atoms with Gasteiger partial charge >= 0.3 is 6.18 Å². The van der Waals surface area contributed by atoms with Crippen molar-refractivity contribution in [2.24, 2.45) is 0 Å². The standard InChI is InChI=1S/C21H19F4N/c22-20-12-15(6-9-19(20)21(23,24)25)16-10-17-7-8-18(11-16)26(17)13-14-4-2-1-3-5-14/h1-6,9-10,12,17-18H,7-8,11,13H2. The van der Waals surface area contributed by atoms with Crippen LogP contribution in [0.1, 0.15) is 36.0 Å². The van der Waals surface area contributed by atoms with Crippen molar-refractivity contribution in [3.63, 3.8) is 0 Å². The van der Waals surface area contributed by atoms with Gasteiger partial charge in [-0.2, -0.15) is 13.2 Å². The highest BCUT2D eigenvalue weighted by molar-refractivity contribution is 5.68. The number of hydrogen-bond donors (Lipinski definition) is 0. The lowest BCUT2D eigenvalue weighted by Crippen LogP contribution is -2.37. The molecule has 0 saturated carbocycles. The van der Waals surface area contributed by atoms with Crippen molar-refractivity contribution < 1.29 is 17.6 Å². The highest BCUT2D eigenvalue weighted by Crippen LogP contribution is 2.40. The molecular formula is C21H19F4N. The number of nitrogens with zero attached hydrogens (tertiary/aromatic N) is 1. The second kappa shape index (κ2) is 6.54. The first-order chi connectivity index (χ1) is 12.4. The van der Waals surface area contributed by atoms with Crippen LogP contribution in [-0.4, -0.2) is 17.0 Å². The van der Waals surface area contributed by atoms with Crippen LogP contribution in [0.4, 0.5) is 17.6 Å². The molecule has 2 heterocycles. The van der Waals surface area contributed by atoms with Gasteiger partial charge in [0.15, 0.2) is 0 Å². The molecule has 1 fully saturated rings. The molecule has 0 spiro atoms. The summed E-state index contributed by atoms with van der Waals surface area (Å²) in [6.07, 6.45) is 0.280. The molecule has 26 heavy (non-hydrogen) atoms. The van der Waals surface area contributed by atoms with Gasteiger partial charge in [-0.1, -0.05) is 42.5 Å². The maximum absolute atomic E-state index is 13.9. The molecule has 2 bridgehead atoms. The summed E-state index contributed by atoms with van der Waals surface area (Å²) in [5, 5.41) is 0. The Kier molecular flexibility index (Phi) is 4.35. The molecule has 0 aromatic heterocycles. The van der Waals surface area contributed by atoms with Gasteiger partial charge in [-0.05, 0) is 48.1 Å². The van der Waals surface area contributed by atoms with Gasteiger partial charge < -0.3 is 0 Å². The maximum atomic E-state index is 13.9. The summed E-state index contributed by atoms with van der Waals surface area (Å²) in [7, 11) is 0. The molecule has 1 saturated heterocycles. The summed E-state index contributed by atoms with van der Waals surface area (Å²) < 4.78 is 52.2. The summed E-state index contributed by atoms with van der Waals surface area (Å²) in [5.41, 5.74) is 1.56. The number of benzene rings is 2. The van der Waals surface area contributed by atoms with Gasteiger partial charge in [0, 0.05) is 18.6 Å². The van der Waals surface area contributed by atoms with Gasteiger partial charge in [0.25, 0.3) is 0 Å². The van der Waals surface area contributed by atoms with E-state index in [1.54, 1.807) is 0 Å². The second-order valence-electron chi connectivity index (χ2n) is 7.04. The Bertz CT molecular complexity index is 826. The molecule has 2 aliphatic heterocycles. The Morgan fingerprint density at radius 1 is 1.00 bits per heavy atom. The molecule has 0 N–H and O–H groups in total. The zero-order valence-corrected chi connectivity index (χ0v) is 14.1. The van der Waals surface area contributed by atoms with Crippen molar-refractivity contribution in [2.45, 2.75) is 44.1 Å². The first-order valence-corrected chi connectivity index (χ1v) is 8.79. The summed E-state index contributed by atoms with van der Waals surface area (Å²) in [5.74, 6) is -1.20. The summed E-state index contributed by atoms with van der Waals surface area (Å²) in [6, 6.07) is 14.1. The van der Waals surface area contributed by atoms with E-state index in [1.165, 1.54) is 11.6 Å². The number of halogens is 4. The minimum absolute atomic E-state index is 0.259. The fourth-order valence-electron chi connectivity index (χ4n) is 4.12. The molecule has 2 aromatic carbocycles. The zero-order valence-electron chi connectivity index (χ0n) is 14.1. The van der Waals surface area contributed by atoms with E-state index in [-0.39, 0.29) is 6.04 Å². The largest absolute Gasteiger partial charge is 0.419 e. The topological polar surface area (TPSA) is 3.24 Å². The third-order valence-corrected chi connectivity index (χ3v) is 5.39. The van der Waals surface area contributed by atoms with E-state index in [0.717, 1.165) is 43.5 Å². The number of alkyl halides is 3. The van der Waals surface area contributed by atoms with Crippen LogP contribution in [0.15, 0.2) is 54.6 Å². The minimum atomic E-state index is -4.66. The number of hydrogen-bond acceptors (Lipinski definition) is 1. The molecule has 0 aliphatic carbocycles. The molecule has 5 heteroatoms. The Hall–Kier alpha value is -2.14. The Balaban J connectivity index is 1.57. The van der Waals surface area contributed by atoms with Crippen LogP contribution in [0.5, 0.6) is 0 Å². The summed E-state index contributed by atoms with van der Waals surface area (Å²) in [6.45, 7) is 0.862. The zero-order chi connectivity index (χ0) is 18.3. The van der Waals surface area contributed by atoms with E-state index in [4.69, 9.17) is 0 Å². The molecule has 2 unspecified atom stereocenters. The average Bonchev–Trinajstić information content (AvgIpc) is 2.83. The third-order valence-electron chi connectivity index (χ3n) is 5.39. The normalized spacial score (nSPS) is 23.2. The van der Waals surface area contributed by atoms with E-state index in [2.05, 4.69) is 23.1 Å². The van der Waals surface area contributed by atoms with Crippen LogP contribution in [0.25, 0.3) is 5.57 Å². The Morgan fingerprint density at radius 2 is 1.77 bits per heavy atom. The van der Waals surface area contributed by atoms with Crippen molar-refractivity contribution in [3.05, 3.63) is 77.1 Å². The molecule has 0 amide bonds. The predicted molar refractivity (Wildman–Crippen MR) is 92.8 cm³/mol. The van der Waals surface area contributed by atoms with Crippen molar-refractivity contribution >= 4 is 5.57 Å². The van der Waals surface area contributed by atoms with Crippen molar-refractivity contribution in [1.29, 1.82) is 0 Å². The average molecular weight is 361 g/mol. The van der Waals surface area contributed by atoms with E-state index in [9.17, 15) is 17.6 Å². The molecule has 0 radical (unpaired) electrons. The van der Waals surface area contributed by atoms with E-state index in [1.807, 2.05) is 18.2 Å². The first-order valence-electron chi connectivity index (χ1n) is 8.79. The lowest BCUT2D eigenvalue weighted by Gasteiger charge is -2.34. The number of fused-ring (bicyclic) bond motifs is 2. The minimum Gasteiger partial charge on any atom is -0.289 e. The fourth-order valence-corrected chi connectivity index (χ4v) is 4.12. The monoisotopic (exact) mass is 361 g/mol. The van der Waals surface area contributed by atoms with Crippen molar-refractivity contribution in [3.8, 4) is 0 Å². The molecule has 2 atom stereocenters. The fraction of sp³-hybridized carbons (Fsp3) is 0.333. The second-order valence-corrected chi connectivity index (χ2v) is 7.04. The smallest absolute Gasteiger partial charge is 0.289 e. The van der Waals surface area contributed by atoms with E-state index >= 15 is 0 Å². The van der Waals surface area contributed by atoms with Gasteiger partial charge in [-0.15, -0.1) is 0 Å². The molecule has 2 aliphatic rings. The SMILES string of the molecule is Fc1cc(C2=CC3CCC(C2)N3Cc2ccccc2)ccc1C(F)(F)F. The molecule has 136 valence electrons. The van der Waals surface area contributed by atoms with Crippen LogP contribution < -0.4 is 0 Å². The van der Waals surface area contributed by atoms with E-state index < -0.39 is 17.6 Å². The van der Waals surface area contributed by atoms with Crippen LogP contribution in [0.3, 0.4) is 0 Å². The molecule has 2 aromatic rings. The van der Waals surface area contributed by atoms with Gasteiger partial charge in [0.05, 0.1) is 5.56 Å². The van der Waals surface area contributed by atoms with Gasteiger partial charge in [-0.25, -0.2) is 4.39 Å². The Morgan fingerprint density at radius 3 is 2.42 bits per heavy atom. The van der Waals surface area contributed by atoms with Gasteiger partial charge in [0.1, 0.15) is 5.82 Å². The van der Waals surface area contributed by atoms with E-state index in [0.29, 0.717) is 11.6 Å². The lowest BCUT2D eigenvalue weighted by molar-refractivity contribution is -0.140. The van der Waals surface area contributed by atoms with Crippen molar-refractivity contribution in [1.82, 2.24) is 4.90 Å². The van der Waals surface area contributed by atoms with Gasteiger partial charge in [0.2, 0.25) is 0 Å². The Labute approximate surface area is 149 Å². The van der Waals surface area contributed by atoms with Crippen LogP contribution in [-0.2, 0) is 12.7 Å². The number of rotatable bonds is 3. The highest BCUT2D eigenvalue weighted by atomic mass is 19.4. The van der Waals surface area contributed by atoms with Crippen LogP contribution in [0, 0.1) is 5.82 Å². The summed E-state index contributed by atoms with van der Waals surface area (Å²) in [4.78, 5) is 2.44. The van der Waals surface area contributed by atoms with Crippen molar-refractivity contribution in [2.75, 3.05) is 0 Å². The first kappa shape index (κ1) is 17.3. The van der Waals surface area contributed by atoms with Crippen LogP contribution in [0.2, 0.25) is 0 Å². The molecule has 4 rings (SSSR count). The van der Waals surface area contributed by atoms with Crippen LogP contribution >= 0.6 is 0 Å². The summed E-state index contributed by atoms with van der Waals surface area (Å²) >= 11 is 0. The maximum Gasteiger partial charge on any atom is 0.419 e. The van der Waals surface area contributed by atoms with Gasteiger partial charge in [-0.3, -0.25) is 4.90 Å². The quantitative estimate of drug-likeness (QED) is 0.637.